The highest BCUT2D eigenvalue weighted by Gasteiger charge is 2.19. The van der Waals surface area contributed by atoms with Gasteiger partial charge in [-0.05, 0) is 25.3 Å². The maximum Gasteiger partial charge on any atom is 0.194 e. The van der Waals surface area contributed by atoms with Crippen molar-refractivity contribution in [1.29, 1.82) is 0 Å². The van der Waals surface area contributed by atoms with Gasteiger partial charge in [-0.1, -0.05) is 30.3 Å². The molecule has 0 amide bonds. The summed E-state index contributed by atoms with van der Waals surface area (Å²) in [6, 6.07) is 10.7. The number of hydrogen-bond donors (Lipinski definition) is 1. The Bertz CT molecular complexity index is 661. The van der Waals surface area contributed by atoms with E-state index in [0.29, 0.717) is 0 Å². The van der Waals surface area contributed by atoms with Crippen molar-refractivity contribution >= 4 is 5.96 Å². The zero-order valence-corrected chi connectivity index (χ0v) is 16.3. The maximum absolute atomic E-state index is 4.84. The van der Waals surface area contributed by atoms with Gasteiger partial charge in [-0.2, -0.15) is 0 Å². The maximum atomic E-state index is 4.84. The van der Waals surface area contributed by atoms with Gasteiger partial charge in [-0.3, -0.25) is 9.89 Å². The second-order valence-corrected chi connectivity index (χ2v) is 6.89. The van der Waals surface area contributed by atoms with Crippen molar-refractivity contribution in [2.24, 2.45) is 4.99 Å². The summed E-state index contributed by atoms with van der Waals surface area (Å²) in [5, 5.41) is 11.1. The number of guanidine groups is 1. The molecule has 1 saturated heterocycles. The van der Waals surface area contributed by atoms with E-state index in [0.717, 1.165) is 71.2 Å². The molecule has 0 aliphatic carbocycles. The number of benzene rings is 1. The molecule has 0 spiro atoms. The Morgan fingerprint density at radius 2 is 1.78 bits per heavy atom. The first-order chi connectivity index (χ1) is 13.3. The van der Waals surface area contributed by atoms with E-state index >= 15 is 0 Å². The molecule has 146 valence electrons. The van der Waals surface area contributed by atoms with Crippen molar-refractivity contribution in [2.45, 2.75) is 32.9 Å². The molecule has 1 aromatic heterocycles. The van der Waals surface area contributed by atoms with Crippen molar-refractivity contribution < 1.29 is 0 Å². The Morgan fingerprint density at radius 1 is 1.04 bits per heavy atom. The van der Waals surface area contributed by atoms with Crippen LogP contribution < -0.4 is 5.32 Å². The van der Waals surface area contributed by atoms with Crippen LogP contribution >= 0.6 is 0 Å². The normalized spacial score (nSPS) is 15.9. The minimum Gasteiger partial charge on any atom is -0.357 e. The highest BCUT2D eigenvalue weighted by Crippen LogP contribution is 2.09. The molecule has 1 aliphatic rings. The van der Waals surface area contributed by atoms with E-state index in [1.165, 1.54) is 5.56 Å². The van der Waals surface area contributed by atoms with Gasteiger partial charge in [0.1, 0.15) is 12.7 Å². The molecule has 2 heterocycles. The molecule has 1 aromatic carbocycles. The minimum atomic E-state index is 0.856. The number of unbranched alkanes of at least 4 members (excludes halogenated alkanes) is 1. The number of aliphatic imine (C=N–C) groups is 1. The van der Waals surface area contributed by atoms with Crippen LogP contribution in [0.5, 0.6) is 0 Å². The Hall–Kier alpha value is -2.41. The molecule has 1 N–H and O–H groups in total. The van der Waals surface area contributed by atoms with Crippen molar-refractivity contribution in [3.63, 3.8) is 0 Å². The molecule has 0 unspecified atom stereocenters. The number of aromatic nitrogens is 3. The second kappa shape index (κ2) is 10.7. The number of hydrogen-bond acceptors (Lipinski definition) is 4. The molecular formula is C20H31N7. The Labute approximate surface area is 162 Å². The minimum absolute atomic E-state index is 0.856. The molecule has 0 bridgehead atoms. The highest BCUT2D eigenvalue weighted by atomic mass is 15.3. The molecule has 2 aromatic rings. The van der Waals surface area contributed by atoms with Gasteiger partial charge in [-0.15, -0.1) is 10.2 Å². The van der Waals surface area contributed by atoms with Crippen LogP contribution in [-0.4, -0.2) is 69.8 Å². The number of nitrogens with zero attached hydrogens (tertiary/aromatic N) is 6. The summed E-state index contributed by atoms with van der Waals surface area (Å²) in [6.45, 7) is 10.1. The molecule has 0 atom stereocenters. The number of rotatable bonds is 8. The van der Waals surface area contributed by atoms with Crippen molar-refractivity contribution in [3.05, 3.63) is 48.5 Å². The van der Waals surface area contributed by atoms with E-state index in [4.69, 9.17) is 4.99 Å². The lowest BCUT2D eigenvalue weighted by Crippen LogP contribution is -2.52. The van der Waals surface area contributed by atoms with Crippen LogP contribution in [0.2, 0.25) is 0 Å². The third-order valence-corrected chi connectivity index (χ3v) is 4.81. The van der Waals surface area contributed by atoms with Crippen LogP contribution in [-0.2, 0) is 13.1 Å². The van der Waals surface area contributed by atoms with E-state index in [9.17, 15) is 0 Å². The van der Waals surface area contributed by atoms with E-state index in [-0.39, 0.29) is 0 Å². The lowest BCUT2D eigenvalue weighted by molar-refractivity contribution is 0.172. The van der Waals surface area contributed by atoms with Crippen molar-refractivity contribution in [3.8, 4) is 0 Å². The molecule has 0 saturated carbocycles. The van der Waals surface area contributed by atoms with E-state index < -0.39 is 0 Å². The van der Waals surface area contributed by atoms with E-state index in [1.54, 1.807) is 12.7 Å². The highest BCUT2D eigenvalue weighted by molar-refractivity contribution is 5.80. The van der Waals surface area contributed by atoms with Gasteiger partial charge in [0, 0.05) is 52.4 Å². The summed E-state index contributed by atoms with van der Waals surface area (Å²) in [7, 11) is 0. The Balaban J connectivity index is 1.41. The Morgan fingerprint density at radius 3 is 2.48 bits per heavy atom. The zero-order valence-electron chi connectivity index (χ0n) is 16.3. The first-order valence-electron chi connectivity index (χ1n) is 9.97. The fourth-order valence-corrected chi connectivity index (χ4v) is 3.31. The van der Waals surface area contributed by atoms with Gasteiger partial charge >= 0.3 is 0 Å². The predicted molar refractivity (Wildman–Crippen MR) is 109 cm³/mol. The molecule has 0 radical (unpaired) electrons. The second-order valence-electron chi connectivity index (χ2n) is 6.89. The van der Waals surface area contributed by atoms with E-state index in [2.05, 4.69) is 62.6 Å². The largest absolute Gasteiger partial charge is 0.357 e. The molecule has 27 heavy (non-hydrogen) atoms. The molecule has 7 nitrogen and oxygen atoms in total. The Kier molecular flexibility index (Phi) is 7.65. The average Bonchev–Trinajstić information content (AvgIpc) is 3.22. The number of piperazine rings is 1. The summed E-state index contributed by atoms with van der Waals surface area (Å²) in [6.07, 6.45) is 5.69. The molecule has 1 fully saturated rings. The summed E-state index contributed by atoms with van der Waals surface area (Å²) in [5.74, 6) is 1.06. The molecular weight excluding hydrogens is 338 g/mol. The molecule has 1 aliphatic heterocycles. The van der Waals surface area contributed by atoms with Gasteiger partial charge in [0.2, 0.25) is 0 Å². The van der Waals surface area contributed by atoms with Crippen LogP contribution in [0, 0.1) is 0 Å². The monoisotopic (exact) mass is 369 g/mol. The topological polar surface area (TPSA) is 61.6 Å². The number of aryl methyl sites for hydroxylation is 1. The van der Waals surface area contributed by atoms with Gasteiger partial charge in [0.25, 0.3) is 0 Å². The van der Waals surface area contributed by atoms with Gasteiger partial charge in [0.05, 0.1) is 0 Å². The smallest absolute Gasteiger partial charge is 0.194 e. The average molecular weight is 370 g/mol. The first-order valence-corrected chi connectivity index (χ1v) is 9.97. The summed E-state index contributed by atoms with van der Waals surface area (Å²) in [5.41, 5.74) is 1.39. The van der Waals surface area contributed by atoms with Crippen LogP contribution in [0.15, 0.2) is 48.0 Å². The van der Waals surface area contributed by atoms with E-state index in [1.807, 2.05) is 4.57 Å². The van der Waals surface area contributed by atoms with Crippen molar-refractivity contribution in [2.75, 3.05) is 39.3 Å². The predicted octanol–water partition coefficient (Wildman–Crippen LogP) is 1.84. The SMILES string of the molecule is CCNC(=NCCCCn1cnnc1)N1CCN(Cc2ccccc2)CC1. The quantitative estimate of drug-likeness (QED) is 0.437. The van der Waals surface area contributed by atoms with Crippen molar-refractivity contribution in [1.82, 2.24) is 29.9 Å². The third kappa shape index (κ3) is 6.36. The zero-order chi connectivity index (χ0) is 18.7. The third-order valence-electron chi connectivity index (χ3n) is 4.81. The fourth-order valence-electron chi connectivity index (χ4n) is 3.31. The van der Waals surface area contributed by atoms with Crippen LogP contribution in [0.3, 0.4) is 0 Å². The summed E-state index contributed by atoms with van der Waals surface area (Å²) >= 11 is 0. The van der Waals surface area contributed by atoms with Crippen LogP contribution in [0.25, 0.3) is 0 Å². The summed E-state index contributed by atoms with van der Waals surface area (Å²) in [4.78, 5) is 9.75. The molecule has 3 rings (SSSR count). The molecule has 7 heteroatoms. The lowest BCUT2D eigenvalue weighted by atomic mass is 10.2. The van der Waals surface area contributed by atoms with Gasteiger partial charge < -0.3 is 14.8 Å². The number of nitrogens with one attached hydrogen (secondary N) is 1. The standard InChI is InChI=1S/C20H31N7/c1-2-21-20(22-10-6-7-11-26-17-23-24-18-26)27-14-12-25(13-15-27)16-19-8-4-3-5-9-19/h3-5,8-9,17-18H,2,6-7,10-16H2,1H3,(H,21,22). The summed E-state index contributed by atoms with van der Waals surface area (Å²) < 4.78 is 2.01. The first kappa shape index (κ1) is 19.4. The van der Waals surface area contributed by atoms with Crippen LogP contribution in [0.4, 0.5) is 0 Å². The fraction of sp³-hybridized carbons (Fsp3) is 0.550. The van der Waals surface area contributed by atoms with Crippen LogP contribution in [0.1, 0.15) is 25.3 Å². The lowest BCUT2D eigenvalue weighted by Gasteiger charge is -2.36. The van der Waals surface area contributed by atoms with Gasteiger partial charge in [0.15, 0.2) is 5.96 Å². The van der Waals surface area contributed by atoms with Gasteiger partial charge in [-0.25, -0.2) is 0 Å².